The number of carbonyl (C=O) groups excluding carboxylic acids is 1. The molecule has 4 rings (SSSR count). The summed E-state index contributed by atoms with van der Waals surface area (Å²) < 4.78 is 1.83. The molecule has 0 fully saturated rings. The van der Waals surface area contributed by atoms with Crippen LogP contribution in [0.2, 0.25) is 0 Å². The SMILES string of the molecule is O=C(NCCc1ccc(-n2cccn2)cc1)NCc1ccc2c(c1)CCC2. The van der Waals surface area contributed by atoms with Crippen molar-refractivity contribution in [2.45, 2.75) is 32.2 Å². The first-order valence-corrected chi connectivity index (χ1v) is 9.49. The molecule has 0 saturated carbocycles. The van der Waals surface area contributed by atoms with E-state index in [0.717, 1.165) is 18.5 Å². The number of carbonyl (C=O) groups is 1. The van der Waals surface area contributed by atoms with Gasteiger partial charge >= 0.3 is 6.03 Å². The van der Waals surface area contributed by atoms with Gasteiger partial charge in [-0.3, -0.25) is 0 Å². The molecule has 0 radical (unpaired) electrons. The van der Waals surface area contributed by atoms with Crippen LogP contribution in [0.15, 0.2) is 60.9 Å². The van der Waals surface area contributed by atoms with Crippen molar-refractivity contribution in [3.63, 3.8) is 0 Å². The number of nitrogens with zero attached hydrogens (tertiary/aromatic N) is 2. The van der Waals surface area contributed by atoms with Crippen LogP contribution in [-0.2, 0) is 25.8 Å². The minimum Gasteiger partial charge on any atom is -0.338 e. The predicted octanol–water partition coefficient (Wildman–Crippen LogP) is 3.40. The highest BCUT2D eigenvalue weighted by Gasteiger charge is 2.11. The minimum atomic E-state index is -0.122. The topological polar surface area (TPSA) is 59.0 Å². The summed E-state index contributed by atoms with van der Waals surface area (Å²) in [5.74, 6) is 0. The Morgan fingerprint density at radius 3 is 2.63 bits per heavy atom. The Balaban J connectivity index is 1.20. The Morgan fingerprint density at radius 1 is 1.00 bits per heavy atom. The number of nitrogens with one attached hydrogen (secondary N) is 2. The number of amides is 2. The number of rotatable bonds is 6. The predicted molar refractivity (Wildman–Crippen MR) is 106 cm³/mol. The van der Waals surface area contributed by atoms with Crippen molar-refractivity contribution >= 4 is 6.03 Å². The van der Waals surface area contributed by atoms with Crippen LogP contribution in [0.3, 0.4) is 0 Å². The normalized spacial score (nSPS) is 12.6. The molecule has 2 amide bonds. The number of aromatic nitrogens is 2. The molecule has 3 aromatic rings. The number of hydrogen-bond acceptors (Lipinski definition) is 2. The highest BCUT2D eigenvalue weighted by molar-refractivity contribution is 5.73. The zero-order chi connectivity index (χ0) is 18.5. The molecular formula is C22H24N4O. The second-order valence-corrected chi connectivity index (χ2v) is 6.93. The fourth-order valence-corrected chi connectivity index (χ4v) is 3.54. The standard InChI is InChI=1S/C22H24N4O/c27-22(24-16-18-5-8-19-3-1-4-20(19)15-18)23-13-11-17-6-9-21(10-7-17)26-14-2-12-25-26/h2,5-10,12,14-15H,1,3-4,11,13,16H2,(H2,23,24,27). The first-order chi connectivity index (χ1) is 13.3. The highest BCUT2D eigenvalue weighted by Crippen LogP contribution is 2.22. The van der Waals surface area contributed by atoms with E-state index in [4.69, 9.17) is 0 Å². The van der Waals surface area contributed by atoms with E-state index in [1.807, 2.05) is 29.1 Å². The Hall–Kier alpha value is -3.08. The van der Waals surface area contributed by atoms with Gasteiger partial charge < -0.3 is 10.6 Å². The van der Waals surface area contributed by atoms with Crippen molar-refractivity contribution in [2.24, 2.45) is 0 Å². The van der Waals surface area contributed by atoms with Crippen LogP contribution in [0.4, 0.5) is 4.79 Å². The van der Waals surface area contributed by atoms with Crippen molar-refractivity contribution in [3.8, 4) is 5.69 Å². The molecule has 0 saturated heterocycles. The van der Waals surface area contributed by atoms with Gasteiger partial charge in [0.1, 0.15) is 0 Å². The number of aryl methyl sites for hydroxylation is 2. The maximum Gasteiger partial charge on any atom is 0.315 e. The summed E-state index contributed by atoms with van der Waals surface area (Å²) in [6, 6.07) is 16.5. The molecule has 0 bridgehead atoms. The van der Waals surface area contributed by atoms with Gasteiger partial charge in [0.05, 0.1) is 5.69 Å². The third-order valence-corrected chi connectivity index (χ3v) is 5.02. The lowest BCUT2D eigenvalue weighted by Crippen LogP contribution is -2.36. The average molecular weight is 360 g/mol. The lowest BCUT2D eigenvalue weighted by molar-refractivity contribution is 0.240. The van der Waals surface area contributed by atoms with Crippen LogP contribution in [0.5, 0.6) is 0 Å². The maximum atomic E-state index is 12.0. The van der Waals surface area contributed by atoms with E-state index in [1.54, 1.807) is 6.20 Å². The highest BCUT2D eigenvalue weighted by atomic mass is 16.2. The molecule has 2 N–H and O–H groups in total. The van der Waals surface area contributed by atoms with Gasteiger partial charge in [-0.15, -0.1) is 0 Å². The second kappa shape index (κ2) is 8.08. The Morgan fingerprint density at radius 2 is 1.81 bits per heavy atom. The molecule has 0 unspecified atom stereocenters. The fourth-order valence-electron chi connectivity index (χ4n) is 3.54. The van der Waals surface area contributed by atoms with Crippen LogP contribution in [0, 0.1) is 0 Å². The molecule has 0 aliphatic heterocycles. The molecule has 2 aromatic carbocycles. The van der Waals surface area contributed by atoms with E-state index in [2.05, 4.69) is 46.1 Å². The zero-order valence-electron chi connectivity index (χ0n) is 15.3. The van der Waals surface area contributed by atoms with Crippen LogP contribution in [0.25, 0.3) is 5.69 Å². The quantitative estimate of drug-likeness (QED) is 0.708. The lowest BCUT2D eigenvalue weighted by atomic mass is 10.1. The third-order valence-electron chi connectivity index (χ3n) is 5.02. The van der Waals surface area contributed by atoms with E-state index in [-0.39, 0.29) is 6.03 Å². The summed E-state index contributed by atoms with van der Waals surface area (Å²) >= 11 is 0. The molecule has 1 aliphatic rings. The largest absolute Gasteiger partial charge is 0.338 e. The number of urea groups is 1. The van der Waals surface area contributed by atoms with Gasteiger partial charge in [-0.1, -0.05) is 30.3 Å². The first kappa shape index (κ1) is 17.3. The Kier molecular flexibility index (Phi) is 5.19. The van der Waals surface area contributed by atoms with Gasteiger partial charge in [0.2, 0.25) is 0 Å². The smallest absolute Gasteiger partial charge is 0.315 e. The summed E-state index contributed by atoms with van der Waals surface area (Å²) in [7, 11) is 0. The van der Waals surface area contributed by atoms with Crippen LogP contribution in [-0.4, -0.2) is 22.4 Å². The van der Waals surface area contributed by atoms with Crippen LogP contribution in [0.1, 0.15) is 28.7 Å². The summed E-state index contributed by atoms with van der Waals surface area (Å²) in [6.45, 7) is 1.18. The lowest BCUT2D eigenvalue weighted by Gasteiger charge is -2.09. The number of fused-ring (bicyclic) bond motifs is 1. The van der Waals surface area contributed by atoms with Crippen molar-refractivity contribution < 1.29 is 4.79 Å². The van der Waals surface area contributed by atoms with Crippen molar-refractivity contribution in [1.29, 1.82) is 0 Å². The molecule has 5 heteroatoms. The van der Waals surface area contributed by atoms with Crippen molar-refractivity contribution in [1.82, 2.24) is 20.4 Å². The molecular weight excluding hydrogens is 336 g/mol. The Labute approximate surface area is 159 Å². The first-order valence-electron chi connectivity index (χ1n) is 9.49. The molecule has 1 aliphatic carbocycles. The molecule has 138 valence electrons. The van der Waals surface area contributed by atoms with Gasteiger partial charge in [-0.2, -0.15) is 5.10 Å². The maximum absolute atomic E-state index is 12.0. The molecule has 0 atom stereocenters. The summed E-state index contributed by atoms with van der Waals surface area (Å²) in [6.07, 6.45) is 8.07. The van der Waals surface area contributed by atoms with Crippen molar-refractivity contribution in [2.75, 3.05) is 6.54 Å². The molecule has 27 heavy (non-hydrogen) atoms. The summed E-state index contributed by atoms with van der Waals surface area (Å²) in [4.78, 5) is 12.0. The van der Waals surface area contributed by atoms with Gasteiger partial charge in [-0.25, -0.2) is 9.48 Å². The summed E-state index contributed by atoms with van der Waals surface area (Å²) in [5, 5.41) is 10.1. The van der Waals surface area contributed by atoms with E-state index < -0.39 is 0 Å². The minimum absolute atomic E-state index is 0.122. The van der Waals surface area contributed by atoms with Crippen molar-refractivity contribution in [3.05, 3.63) is 83.2 Å². The van der Waals surface area contributed by atoms with E-state index in [0.29, 0.717) is 13.1 Å². The number of hydrogen-bond donors (Lipinski definition) is 2. The van der Waals surface area contributed by atoms with Gasteiger partial charge in [0.15, 0.2) is 0 Å². The molecule has 0 spiro atoms. The Bertz CT molecular complexity index is 901. The van der Waals surface area contributed by atoms with Gasteiger partial charge in [0.25, 0.3) is 0 Å². The zero-order valence-corrected chi connectivity index (χ0v) is 15.3. The van der Waals surface area contributed by atoms with Crippen LogP contribution < -0.4 is 10.6 Å². The average Bonchev–Trinajstić information content (AvgIpc) is 3.38. The second-order valence-electron chi connectivity index (χ2n) is 6.93. The third kappa shape index (κ3) is 4.37. The van der Waals surface area contributed by atoms with Crippen LogP contribution >= 0.6 is 0 Å². The molecule has 1 heterocycles. The molecule has 5 nitrogen and oxygen atoms in total. The molecule has 1 aromatic heterocycles. The summed E-state index contributed by atoms with van der Waals surface area (Å²) in [5.41, 5.74) is 6.28. The fraction of sp³-hybridized carbons (Fsp3) is 0.273. The van der Waals surface area contributed by atoms with Gasteiger partial charge in [-0.05, 0) is 66.1 Å². The number of benzene rings is 2. The van der Waals surface area contributed by atoms with E-state index in [1.165, 1.54) is 35.1 Å². The van der Waals surface area contributed by atoms with E-state index in [9.17, 15) is 4.79 Å². The van der Waals surface area contributed by atoms with Gasteiger partial charge in [0, 0.05) is 25.5 Å². The van der Waals surface area contributed by atoms with E-state index >= 15 is 0 Å². The monoisotopic (exact) mass is 360 g/mol.